The molecule has 0 N–H and O–H groups in total. The van der Waals surface area contributed by atoms with Gasteiger partial charge in [-0.2, -0.15) is 0 Å². The number of allylic oxidation sites excluding steroid dienone is 3. The number of rotatable bonds is 1. The molecule has 0 amide bonds. The van der Waals surface area contributed by atoms with E-state index in [0.717, 1.165) is 12.2 Å². The molecule has 0 radical (unpaired) electrons. The minimum atomic E-state index is 0.240. The molecule has 12 heavy (non-hydrogen) atoms. The lowest BCUT2D eigenvalue weighted by atomic mass is 10.1. The van der Waals surface area contributed by atoms with Crippen LogP contribution in [-0.4, -0.2) is 0 Å². The highest BCUT2D eigenvalue weighted by Gasteiger charge is 2.11. The smallest absolute Gasteiger partial charge is 0.110 e. The van der Waals surface area contributed by atoms with Crippen LogP contribution in [0, 0.1) is 5.92 Å². The highest BCUT2D eigenvalue weighted by Crippen LogP contribution is 2.21. The van der Waals surface area contributed by atoms with Gasteiger partial charge in [-0.3, -0.25) is 0 Å². The third-order valence-corrected chi connectivity index (χ3v) is 1.81. The van der Waals surface area contributed by atoms with E-state index < -0.39 is 0 Å². The molecular formula is C10H10O2. The Bertz CT molecular complexity index is 260. The highest BCUT2D eigenvalue weighted by molar-refractivity contribution is 5.19. The summed E-state index contributed by atoms with van der Waals surface area (Å²) in [6.45, 7) is 0. The Kier molecular flexibility index (Phi) is 1.99. The Hall–Kier alpha value is -1.44. The van der Waals surface area contributed by atoms with Crippen LogP contribution in [0.2, 0.25) is 0 Å². The fourth-order valence-corrected chi connectivity index (χ4v) is 1.19. The average Bonchev–Trinajstić information content (AvgIpc) is 2.21. The molecule has 0 aliphatic carbocycles. The van der Waals surface area contributed by atoms with Crippen LogP contribution in [0.5, 0.6) is 0 Å². The lowest BCUT2D eigenvalue weighted by Gasteiger charge is -2.16. The van der Waals surface area contributed by atoms with Crippen LogP contribution in [-0.2, 0) is 9.47 Å². The number of hydrogen-bond donors (Lipinski definition) is 0. The van der Waals surface area contributed by atoms with Gasteiger partial charge in [-0.25, -0.2) is 0 Å². The van der Waals surface area contributed by atoms with Gasteiger partial charge in [0.25, 0.3) is 0 Å². The zero-order valence-electron chi connectivity index (χ0n) is 6.64. The van der Waals surface area contributed by atoms with Gasteiger partial charge in [-0.15, -0.1) is 0 Å². The summed E-state index contributed by atoms with van der Waals surface area (Å²) in [6, 6.07) is 0. The Morgan fingerprint density at radius 1 is 1.17 bits per heavy atom. The van der Waals surface area contributed by atoms with E-state index in [1.165, 1.54) is 0 Å². The third kappa shape index (κ3) is 1.42. The molecule has 2 heterocycles. The first-order chi connectivity index (χ1) is 5.97. The quantitative estimate of drug-likeness (QED) is 0.589. The predicted octanol–water partition coefficient (Wildman–Crippen LogP) is 2.48. The van der Waals surface area contributed by atoms with Crippen LogP contribution in [0.15, 0.2) is 48.8 Å². The van der Waals surface area contributed by atoms with Gasteiger partial charge in [0.2, 0.25) is 0 Å². The largest absolute Gasteiger partial charge is 0.473 e. The highest BCUT2D eigenvalue weighted by atomic mass is 16.5. The Labute approximate surface area is 71.5 Å². The molecule has 2 aliphatic rings. The number of ether oxygens (including phenoxy) is 2. The van der Waals surface area contributed by atoms with Gasteiger partial charge in [0.15, 0.2) is 0 Å². The van der Waals surface area contributed by atoms with Crippen molar-refractivity contribution in [1.82, 2.24) is 0 Å². The first kappa shape index (κ1) is 7.22. The molecule has 2 aliphatic heterocycles. The molecule has 0 aromatic heterocycles. The second-order valence-electron chi connectivity index (χ2n) is 2.65. The first-order valence-corrected chi connectivity index (χ1v) is 3.97. The van der Waals surface area contributed by atoms with Gasteiger partial charge in [0, 0.05) is 0 Å². The molecule has 0 atom stereocenters. The van der Waals surface area contributed by atoms with Gasteiger partial charge in [0.05, 0.1) is 24.7 Å². The molecule has 62 valence electrons. The van der Waals surface area contributed by atoms with Crippen LogP contribution in [0.4, 0.5) is 0 Å². The van der Waals surface area contributed by atoms with E-state index >= 15 is 0 Å². The van der Waals surface area contributed by atoms with E-state index in [9.17, 15) is 0 Å². The van der Waals surface area contributed by atoms with Gasteiger partial charge >= 0.3 is 0 Å². The molecule has 0 fully saturated rings. The topological polar surface area (TPSA) is 18.5 Å². The normalized spacial score (nSPS) is 21.5. The minimum absolute atomic E-state index is 0.240. The Morgan fingerprint density at radius 3 is 2.67 bits per heavy atom. The van der Waals surface area contributed by atoms with E-state index in [0.29, 0.717) is 0 Å². The van der Waals surface area contributed by atoms with Crippen molar-refractivity contribution in [3.05, 3.63) is 48.8 Å². The van der Waals surface area contributed by atoms with E-state index in [-0.39, 0.29) is 5.92 Å². The van der Waals surface area contributed by atoms with E-state index in [1.54, 1.807) is 18.8 Å². The van der Waals surface area contributed by atoms with Crippen molar-refractivity contribution in [2.75, 3.05) is 0 Å². The van der Waals surface area contributed by atoms with Crippen molar-refractivity contribution in [2.45, 2.75) is 6.42 Å². The van der Waals surface area contributed by atoms with Crippen LogP contribution < -0.4 is 0 Å². The lowest BCUT2D eigenvalue weighted by molar-refractivity contribution is 0.304. The van der Waals surface area contributed by atoms with Crippen molar-refractivity contribution < 1.29 is 9.47 Å². The third-order valence-electron chi connectivity index (χ3n) is 1.81. The molecule has 2 heteroatoms. The summed E-state index contributed by atoms with van der Waals surface area (Å²) in [7, 11) is 0. The zero-order chi connectivity index (χ0) is 8.23. The van der Waals surface area contributed by atoms with E-state index in [4.69, 9.17) is 9.47 Å². The monoisotopic (exact) mass is 162 g/mol. The molecule has 0 bridgehead atoms. The molecule has 2 nitrogen and oxygen atoms in total. The maximum atomic E-state index is 5.34. The standard InChI is InChI=1S/C10H10O2/c1-2-6-12-10(3-1)9-4-7-11-8-5-9/h2-9H,1H2. The van der Waals surface area contributed by atoms with Gasteiger partial charge in [-0.1, -0.05) is 0 Å². The molecule has 0 aromatic rings. The summed E-state index contributed by atoms with van der Waals surface area (Å²) < 4.78 is 10.3. The summed E-state index contributed by atoms with van der Waals surface area (Å²) >= 11 is 0. The molecule has 0 spiro atoms. The molecule has 0 aromatic carbocycles. The first-order valence-electron chi connectivity index (χ1n) is 3.97. The summed E-state index contributed by atoms with van der Waals surface area (Å²) in [5.41, 5.74) is 0. The van der Waals surface area contributed by atoms with Gasteiger partial charge in [-0.05, 0) is 30.7 Å². The summed E-state index contributed by atoms with van der Waals surface area (Å²) in [5.74, 6) is 1.22. The van der Waals surface area contributed by atoms with Gasteiger partial charge < -0.3 is 9.47 Å². The number of hydrogen-bond acceptors (Lipinski definition) is 2. The molecular weight excluding hydrogens is 152 g/mol. The summed E-state index contributed by atoms with van der Waals surface area (Å²) in [5, 5.41) is 0. The molecule has 0 saturated heterocycles. The fourth-order valence-electron chi connectivity index (χ4n) is 1.19. The lowest BCUT2D eigenvalue weighted by Crippen LogP contribution is -2.03. The van der Waals surface area contributed by atoms with Crippen molar-refractivity contribution in [1.29, 1.82) is 0 Å². The maximum Gasteiger partial charge on any atom is 0.110 e. The van der Waals surface area contributed by atoms with Crippen molar-refractivity contribution in [2.24, 2.45) is 5.92 Å². The Balaban J connectivity index is 2.08. The second kappa shape index (κ2) is 3.30. The Morgan fingerprint density at radius 2 is 2.00 bits per heavy atom. The van der Waals surface area contributed by atoms with Crippen molar-refractivity contribution >= 4 is 0 Å². The van der Waals surface area contributed by atoms with Crippen LogP contribution in [0.3, 0.4) is 0 Å². The zero-order valence-corrected chi connectivity index (χ0v) is 6.64. The van der Waals surface area contributed by atoms with E-state index in [2.05, 4.69) is 6.08 Å². The average molecular weight is 162 g/mol. The predicted molar refractivity (Wildman–Crippen MR) is 45.8 cm³/mol. The van der Waals surface area contributed by atoms with Crippen LogP contribution in [0.25, 0.3) is 0 Å². The fraction of sp³-hybridized carbons (Fsp3) is 0.200. The van der Waals surface area contributed by atoms with Crippen LogP contribution in [0.1, 0.15) is 6.42 Å². The van der Waals surface area contributed by atoms with Crippen molar-refractivity contribution in [3.63, 3.8) is 0 Å². The molecule has 0 unspecified atom stereocenters. The minimum Gasteiger partial charge on any atom is -0.473 e. The SMILES string of the molecule is C1=COC(C2C=COC=C2)=CC1. The summed E-state index contributed by atoms with van der Waals surface area (Å²) in [4.78, 5) is 0. The van der Waals surface area contributed by atoms with E-state index in [1.807, 2.05) is 18.2 Å². The summed E-state index contributed by atoms with van der Waals surface area (Å²) in [6.07, 6.45) is 14.0. The van der Waals surface area contributed by atoms with Crippen molar-refractivity contribution in [3.8, 4) is 0 Å². The maximum absolute atomic E-state index is 5.34. The second-order valence-corrected chi connectivity index (χ2v) is 2.65. The molecule has 2 rings (SSSR count). The van der Waals surface area contributed by atoms with Crippen LogP contribution >= 0.6 is 0 Å². The van der Waals surface area contributed by atoms with Gasteiger partial charge in [0.1, 0.15) is 5.76 Å². The molecule has 0 saturated carbocycles.